The van der Waals surface area contributed by atoms with Crippen LogP contribution in [0.5, 0.6) is 0 Å². The number of nitrogens with zero attached hydrogens (tertiary/aromatic N) is 1. The Morgan fingerprint density at radius 1 is 1.03 bits per heavy atom. The van der Waals surface area contributed by atoms with E-state index in [1.54, 1.807) is 0 Å². The Hall–Kier alpha value is -2.66. The van der Waals surface area contributed by atoms with Gasteiger partial charge in [-0.15, -0.1) is 0 Å². The highest BCUT2D eigenvalue weighted by Crippen LogP contribution is 2.21. The van der Waals surface area contributed by atoms with Crippen LogP contribution >= 0.6 is 0 Å². The molecule has 3 aromatic rings. The third-order valence-electron chi connectivity index (χ3n) is 5.42. The maximum atomic E-state index is 12.8. The number of fused-ring (bicyclic) bond motifs is 1. The first-order valence-electron chi connectivity index (χ1n) is 11.2. The van der Waals surface area contributed by atoms with Crippen molar-refractivity contribution in [2.45, 2.75) is 58.3 Å². The van der Waals surface area contributed by atoms with Gasteiger partial charge in [-0.2, -0.15) is 0 Å². The summed E-state index contributed by atoms with van der Waals surface area (Å²) >= 11 is 0. The molecule has 0 fully saturated rings. The highest BCUT2D eigenvalue weighted by atomic mass is 16.3. The molecule has 160 valence electrons. The normalized spacial score (nSPS) is 11.1. The Morgan fingerprint density at radius 2 is 1.83 bits per heavy atom. The van der Waals surface area contributed by atoms with Crippen molar-refractivity contribution in [3.8, 4) is 0 Å². The van der Waals surface area contributed by atoms with Crippen LogP contribution in [0.15, 0.2) is 42.5 Å². The van der Waals surface area contributed by atoms with E-state index in [9.17, 15) is 4.79 Å². The number of Topliss-reactive ketones (excluding diaryl/α,β-unsaturated/α-hetero) is 1. The lowest BCUT2D eigenvalue weighted by Gasteiger charge is -2.05. The standard InChI is InChI=1S/C25H33N3O2/c1-2-3-4-5-6-9-19-12-14-20(15-13-19)23(30)18-21-10-7-11-22-24(21)28-25(27-22)26-16-8-17-29/h7,10-15,29H,2-6,8-9,16-18H2,1H3,(H2,26,27,28). The van der Waals surface area contributed by atoms with Gasteiger partial charge < -0.3 is 15.4 Å². The van der Waals surface area contributed by atoms with E-state index in [0.717, 1.165) is 28.6 Å². The number of carbonyl (C=O) groups is 1. The van der Waals surface area contributed by atoms with Crippen molar-refractivity contribution in [1.82, 2.24) is 9.97 Å². The van der Waals surface area contributed by atoms with E-state index in [0.29, 0.717) is 25.3 Å². The molecule has 5 heteroatoms. The lowest BCUT2D eigenvalue weighted by molar-refractivity contribution is 0.0993. The Bertz CT molecular complexity index is 931. The third kappa shape index (κ3) is 6.17. The number of aromatic nitrogens is 2. The number of anilines is 1. The number of hydrogen-bond donors (Lipinski definition) is 3. The molecule has 0 amide bonds. The lowest BCUT2D eigenvalue weighted by atomic mass is 9.99. The van der Waals surface area contributed by atoms with E-state index in [2.05, 4.69) is 34.3 Å². The molecule has 0 bridgehead atoms. The first kappa shape index (κ1) is 22.0. The third-order valence-corrected chi connectivity index (χ3v) is 5.42. The summed E-state index contributed by atoms with van der Waals surface area (Å²) in [5, 5.41) is 12.1. The minimum atomic E-state index is 0.106. The fraction of sp³-hybridized carbons (Fsp3) is 0.440. The number of imidazole rings is 1. The summed E-state index contributed by atoms with van der Waals surface area (Å²) in [6.45, 7) is 3.03. The minimum Gasteiger partial charge on any atom is -0.396 e. The molecule has 0 aliphatic rings. The predicted octanol–water partition coefficient (Wildman–Crippen LogP) is 5.30. The number of ketones is 1. The number of aliphatic hydroxyl groups excluding tert-OH is 1. The number of para-hydroxylation sites is 1. The maximum absolute atomic E-state index is 12.8. The summed E-state index contributed by atoms with van der Waals surface area (Å²) in [5.41, 5.74) is 4.70. The van der Waals surface area contributed by atoms with Crippen LogP contribution in [0.4, 0.5) is 5.95 Å². The molecular weight excluding hydrogens is 374 g/mol. The molecule has 0 atom stereocenters. The van der Waals surface area contributed by atoms with Gasteiger partial charge in [-0.3, -0.25) is 4.79 Å². The second-order valence-electron chi connectivity index (χ2n) is 7.86. The molecule has 0 aliphatic carbocycles. The van der Waals surface area contributed by atoms with Crippen LogP contribution in [0, 0.1) is 0 Å². The number of rotatable bonds is 13. The number of aromatic amines is 1. The molecule has 0 spiro atoms. The average molecular weight is 408 g/mol. The number of nitrogens with one attached hydrogen (secondary N) is 2. The molecule has 1 heterocycles. The van der Waals surface area contributed by atoms with Gasteiger partial charge in [0.25, 0.3) is 0 Å². The van der Waals surface area contributed by atoms with E-state index in [-0.39, 0.29) is 12.4 Å². The molecule has 0 saturated carbocycles. The van der Waals surface area contributed by atoms with Gasteiger partial charge >= 0.3 is 0 Å². The van der Waals surface area contributed by atoms with Crippen LogP contribution in [0.25, 0.3) is 11.0 Å². The van der Waals surface area contributed by atoms with Gasteiger partial charge in [-0.25, -0.2) is 4.98 Å². The molecule has 0 aliphatic heterocycles. The highest BCUT2D eigenvalue weighted by Gasteiger charge is 2.12. The van der Waals surface area contributed by atoms with Gasteiger partial charge in [0.15, 0.2) is 5.78 Å². The van der Waals surface area contributed by atoms with Crippen molar-refractivity contribution in [1.29, 1.82) is 0 Å². The summed E-state index contributed by atoms with van der Waals surface area (Å²) in [6.07, 6.45) is 8.45. The second-order valence-corrected chi connectivity index (χ2v) is 7.86. The van der Waals surface area contributed by atoms with Crippen LogP contribution in [-0.2, 0) is 12.8 Å². The first-order valence-corrected chi connectivity index (χ1v) is 11.2. The first-order chi connectivity index (χ1) is 14.7. The molecule has 0 unspecified atom stereocenters. The number of benzene rings is 2. The molecule has 1 aromatic heterocycles. The monoisotopic (exact) mass is 407 g/mol. The number of carbonyl (C=O) groups excluding carboxylic acids is 1. The van der Waals surface area contributed by atoms with E-state index >= 15 is 0 Å². The number of hydrogen-bond acceptors (Lipinski definition) is 4. The summed E-state index contributed by atoms with van der Waals surface area (Å²) < 4.78 is 0. The van der Waals surface area contributed by atoms with Crippen molar-refractivity contribution in [3.63, 3.8) is 0 Å². The van der Waals surface area contributed by atoms with Gasteiger partial charge in [0.05, 0.1) is 11.0 Å². The zero-order chi connectivity index (χ0) is 21.2. The number of aliphatic hydroxyl groups is 1. The van der Waals surface area contributed by atoms with Crippen LogP contribution in [0.2, 0.25) is 0 Å². The predicted molar refractivity (Wildman–Crippen MR) is 123 cm³/mol. The Morgan fingerprint density at radius 3 is 2.60 bits per heavy atom. The lowest BCUT2D eigenvalue weighted by Crippen LogP contribution is -2.05. The van der Waals surface area contributed by atoms with Gasteiger partial charge in [-0.1, -0.05) is 69.0 Å². The van der Waals surface area contributed by atoms with Gasteiger partial charge in [0.2, 0.25) is 5.95 Å². The van der Waals surface area contributed by atoms with Gasteiger partial charge in [0.1, 0.15) is 0 Å². The second kappa shape index (κ2) is 11.5. The highest BCUT2D eigenvalue weighted by molar-refractivity contribution is 5.99. The van der Waals surface area contributed by atoms with Crippen molar-refractivity contribution in [2.24, 2.45) is 0 Å². The average Bonchev–Trinajstić information content (AvgIpc) is 3.18. The van der Waals surface area contributed by atoms with Crippen LogP contribution in [0.3, 0.4) is 0 Å². The molecule has 30 heavy (non-hydrogen) atoms. The number of H-pyrrole nitrogens is 1. The van der Waals surface area contributed by atoms with Crippen molar-refractivity contribution >= 4 is 22.8 Å². The smallest absolute Gasteiger partial charge is 0.201 e. The van der Waals surface area contributed by atoms with E-state index in [4.69, 9.17) is 5.11 Å². The van der Waals surface area contributed by atoms with Crippen LogP contribution < -0.4 is 5.32 Å². The largest absolute Gasteiger partial charge is 0.396 e. The molecule has 3 N–H and O–H groups in total. The Kier molecular flexibility index (Phi) is 8.45. The van der Waals surface area contributed by atoms with Crippen molar-refractivity contribution in [2.75, 3.05) is 18.5 Å². The summed E-state index contributed by atoms with van der Waals surface area (Å²) in [5.74, 6) is 0.774. The van der Waals surface area contributed by atoms with E-state index in [1.807, 2.05) is 30.3 Å². The maximum Gasteiger partial charge on any atom is 0.201 e. The van der Waals surface area contributed by atoms with E-state index < -0.39 is 0 Å². The SMILES string of the molecule is CCCCCCCc1ccc(C(=O)Cc2cccc3[nH]c(NCCCO)nc23)cc1. The fourth-order valence-corrected chi connectivity index (χ4v) is 3.67. The summed E-state index contributed by atoms with van der Waals surface area (Å²) in [7, 11) is 0. The number of unbranched alkanes of at least 4 members (excludes halogenated alkanes) is 4. The summed E-state index contributed by atoms with van der Waals surface area (Å²) in [6, 6.07) is 14.0. The molecule has 2 aromatic carbocycles. The summed E-state index contributed by atoms with van der Waals surface area (Å²) in [4.78, 5) is 20.7. The zero-order valence-corrected chi connectivity index (χ0v) is 17.9. The van der Waals surface area contributed by atoms with Gasteiger partial charge in [-0.05, 0) is 36.5 Å². The van der Waals surface area contributed by atoms with Gasteiger partial charge in [0, 0.05) is 25.1 Å². The molecule has 0 saturated heterocycles. The minimum absolute atomic E-state index is 0.106. The van der Waals surface area contributed by atoms with Crippen molar-refractivity contribution in [3.05, 3.63) is 59.2 Å². The van der Waals surface area contributed by atoms with E-state index in [1.165, 1.54) is 37.7 Å². The molecule has 0 radical (unpaired) electrons. The number of aryl methyl sites for hydroxylation is 1. The van der Waals surface area contributed by atoms with Crippen LogP contribution in [-0.4, -0.2) is 34.0 Å². The Balaban J connectivity index is 1.60. The quantitative estimate of drug-likeness (QED) is 0.265. The topological polar surface area (TPSA) is 78.0 Å². The zero-order valence-electron chi connectivity index (χ0n) is 17.9. The fourth-order valence-electron chi connectivity index (χ4n) is 3.67. The molecule has 5 nitrogen and oxygen atoms in total. The van der Waals surface area contributed by atoms with Crippen LogP contribution in [0.1, 0.15) is 66.9 Å². The van der Waals surface area contributed by atoms with Crippen molar-refractivity contribution < 1.29 is 9.90 Å². The molecular formula is C25H33N3O2. The molecule has 3 rings (SSSR count). The Labute approximate surface area is 178 Å².